The molecule has 3 N–H and O–H groups in total. The number of hydrogen-bond donors (Lipinski definition) is 3. The van der Waals surface area contributed by atoms with E-state index in [0.717, 1.165) is 22.3 Å². The maximum Gasteiger partial charge on any atom is 0.407 e. The highest BCUT2D eigenvalue weighted by molar-refractivity contribution is 5.80. The molecular weight excluding hydrogens is 422 g/mol. The maximum absolute atomic E-state index is 13.4. The predicted molar refractivity (Wildman–Crippen MR) is 112 cm³/mol. The molecule has 32 heavy (non-hydrogen) atoms. The van der Waals surface area contributed by atoms with Crippen LogP contribution in [0, 0.1) is 0 Å². The summed E-state index contributed by atoms with van der Waals surface area (Å²) >= 11 is 0. The summed E-state index contributed by atoms with van der Waals surface area (Å²) in [6.07, 6.45) is -5.10. The van der Waals surface area contributed by atoms with Gasteiger partial charge in [-0.3, -0.25) is 9.59 Å². The van der Waals surface area contributed by atoms with Crippen molar-refractivity contribution in [3.63, 3.8) is 0 Å². The third-order valence-corrected chi connectivity index (χ3v) is 5.24. The predicted octanol–water partition coefficient (Wildman–Crippen LogP) is 3.53. The quantitative estimate of drug-likeness (QED) is 0.547. The van der Waals surface area contributed by atoms with E-state index >= 15 is 0 Å². The third-order valence-electron chi connectivity index (χ3n) is 5.24. The van der Waals surface area contributed by atoms with E-state index in [9.17, 15) is 23.2 Å². The van der Waals surface area contributed by atoms with Gasteiger partial charge in [-0.1, -0.05) is 48.5 Å². The van der Waals surface area contributed by atoms with Crippen LogP contribution < -0.4 is 10.6 Å². The Morgan fingerprint density at radius 3 is 2.06 bits per heavy atom. The monoisotopic (exact) mass is 446 g/mol. The number of alkyl halides is 2. The third kappa shape index (κ3) is 5.60. The molecule has 3 rings (SSSR count). The molecule has 0 saturated heterocycles. The van der Waals surface area contributed by atoms with E-state index in [2.05, 4.69) is 5.32 Å². The Morgan fingerprint density at radius 1 is 0.969 bits per heavy atom. The summed E-state index contributed by atoms with van der Waals surface area (Å²) < 4.78 is 32.0. The summed E-state index contributed by atoms with van der Waals surface area (Å²) in [4.78, 5) is 34.8. The summed E-state index contributed by atoms with van der Waals surface area (Å²) in [6, 6.07) is 12.9. The molecule has 7 nitrogen and oxygen atoms in total. The van der Waals surface area contributed by atoms with Crippen LogP contribution in [0.25, 0.3) is 11.1 Å². The van der Waals surface area contributed by atoms with Crippen LogP contribution in [0.3, 0.4) is 0 Å². The Kier molecular flexibility index (Phi) is 7.40. The zero-order valence-electron chi connectivity index (χ0n) is 17.4. The minimum Gasteiger partial charge on any atom is -0.481 e. The number of carboxylic acids is 1. The van der Waals surface area contributed by atoms with Gasteiger partial charge in [0.25, 0.3) is 6.43 Å². The smallest absolute Gasteiger partial charge is 0.407 e. The van der Waals surface area contributed by atoms with Gasteiger partial charge in [0.05, 0.1) is 12.8 Å². The van der Waals surface area contributed by atoms with Gasteiger partial charge in [0.15, 0.2) is 0 Å². The van der Waals surface area contributed by atoms with Crippen LogP contribution in [0.4, 0.5) is 13.6 Å². The standard InChI is InChI=1S/C23H24F2N2O5/c1-13(10-21(29)30)26-20(28)11-19(22(24)25)27-23(31)32-12-18-16-8-4-2-6-14(16)15-7-3-5-9-17(15)18/h2-9,13,18-19,22H,10-12H2,1H3,(H,26,28)(H,27,31)(H,29,30)/t13-,19?/m1/s1. The van der Waals surface area contributed by atoms with Crippen LogP contribution in [0.5, 0.6) is 0 Å². The fourth-order valence-corrected chi connectivity index (χ4v) is 3.84. The Labute approximate surface area is 183 Å². The van der Waals surface area contributed by atoms with Crippen molar-refractivity contribution in [2.45, 2.75) is 44.2 Å². The molecule has 0 spiro atoms. The molecule has 0 fully saturated rings. The number of amides is 2. The number of hydrogen-bond acceptors (Lipinski definition) is 4. The van der Waals surface area contributed by atoms with Crippen molar-refractivity contribution < 1.29 is 33.0 Å². The van der Waals surface area contributed by atoms with Crippen molar-refractivity contribution in [2.24, 2.45) is 0 Å². The Bertz CT molecular complexity index is 952. The first-order chi connectivity index (χ1) is 15.3. The number of halogens is 2. The molecular formula is C23H24F2N2O5. The number of nitrogens with one attached hydrogen (secondary N) is 2. The fourth-order valence-electron chi connectivity index (χ4n) is 3.84. The van der Waals surface area contributed by atoms with Gasteiger partial charge >= 0.3 is 12.1 Å². The molecule has 9 heteroatoms. The number of rotatable bonds is 9. The van der Waals surface area contributed by atoms with Crippen LogP contribution in [-0.4, -0.2) is 48.2 Å². The molecule has 0 aliphatic heterocycles. The Balaban J connectivity index is 1.58. The zero-order chi connectivity index (χ0) is 23.3. The summed E-state index contributed by atoms with van der Waals surface area (Å²) in [7, 11) is 0. The molecule has 2 aromatic rings. The normalized spacial score (nSPS) is 14.2. The SMILES string of the molecule is C[C@H](CC(=O)O)NC(=O)CC(NC(=O)OCC1c2ccccc2-c2ccccc21)C(F)F. The van der Waals surface area contributed by atoms with E-state index in [1.54, 1.807) is 0 Å². The van der Waals surface area contributed by atoms with Gasteiger partial charge in [-0.25, -0.2) is 13.6 Å². The van der Waals surface area contributed by atoms with Crippen molar-refractivity contribution in [1.29, 1.82) is 0 Å². The Morgan fingerprint density at radius 2 is 1.53 bits per heavy atom. The summed E-state index contributed by atoms with van der Waals surface area (Å²) in [5, 5.41) is 13.1. The number of alkyl carbamates (subject to hydrolysis) is 1. The average molecular weight is 446 g/mol. The highest BCUT2D eigenvalue weighted by Crippen LogP contribution is 2.44. The highest BCUT2D eigenvalue weighted by atomic mass is 19.3. The lowest BCUT2D eigenvalue weighted by atomic mass is 9.98. The molecule has 170 valence electrons. The largest absolute Gasteiger partial charge is 0.481 e. The van der Waals surface area contributed by atoms with Gasteiger partial charge in [0.1, 0.15) is 12.6 Å². The number of benzene rings is 2. The van der Waals surface area contributed by atoms with Crippen molar-refractivity contribution in [3.05, 3.63) is 59.7 Å². The number of fused-ring (bicyclic) bond motifs is 3. The molecule has 2 aromatic carbocycles. The van der Waals surface area contributed by atoms with Crippen molar-refractivity contribution >= 4 is 18.0 Å². The molecule has 0 saturated carbocycles. The second-order valence-corrected chi connectivity index (χ2v) is 7.68. The zero-order valence-corrected chi connectivity index (χ0v) is 17.4. The van der Waals surface area contributed by atoms with E-state index in [4.69, 9.17) is 9.84 Å². The van der Waals surface area contributed by atoms with E-state index in [1.807, 2.05) is 53.8 Å². The van der Waals surface area contributed by atoms with Gasteiger partial charge in [0.2, 0.25) is 5.91 Å². The van der Waals surface area contributed by atoms with Crippen LogP contribution >= 0.6 is 0 Å². The summed E-state index contributed by atoms with van der Waals surface area (Å²) in [5.74, 6) is -2.14. The number of carbonyl (C=O) groups excluding carboxylic acids is 2. The topological polar surface area (TPSA) is 105 Å². The lowest BCUT2D eigenvalue weighted by molar-refractivity contribution is -0.137. The number of carboxylic acid groups (broad SMARTS) is 1. The fraction of sp³-hybridized carbons (Fsp3) is 0.348. The molecule has 1 aliphatic carbocycles. The highest BCUT2D eigenvalue weighted by Gasteiger charge is 2.30. The Hall–Kier alpha value is -3.49. The lowest BCUT2D eigenvalue weighted by Gasteiger charge is -2.20. The molecule has 2 amide bonds. The molecule has 1 unspecified atom stereocenters. The van der Waals surface area contributed by atoms with Crippen LogP contribution in [-0.2, 0) is 14.3 Å². The molecule has 0 bridgehead atoms. The van der Waals surface area contributed by atoms with E-state index < -0.39 is 42.9 Å². The van der Waals surface area contributed by atoms with Gasteiger partial charge in [0, 0.05) is 12.0 Å². The van der Waals surface area contributed by atoms with Gasteiger partial charge in [-0.05, 0) is 29.2 Å². The molecule has 0 radical (unpaired) electrons. The second kappa shape index (κ2) is 10.2. The summed E-state index contributed by atoms with van der Waals surface area (Å²) in [5.41, 5.74) is 4.04. The van der Waals surface area contributed by atoms with Crippen LogP contribution in [0.1, 0.15) is 36.8 Å². The minimum absolute atomic E-state index is 0.0440. The minimum atomic E-state index is -3.00. The number of aliphatic carboxylic acids is 1. The number of ether oxygens (including phenoxy) is 1. The van der Waals surface area contributed by atoms with E-state index in [-0.39, 0.29) is 18.9 Å². The first kappa shape index (κ1) is 23.2. The average Bonchev–Trinajstić information content (AvgIpc) is 3.05. The molecule has 1 aliphatic rings. The van der Waals surface area contributed by atoms with Crippen molar-refractivity contribution in [1.82, 2.24) is 10.6 Å². The second-order valence-electron chi connectivity index (χ2n) is 7.68. The van der Waals surface area contributed by atoms with Crippen molar-refractivity contribution in [3.8, 4) is 11.1 Å². The molecule has 2 atom stereocenters. The van der Waals surface area contributed by atoms with Crippen LogP contribution in [0.15, 0.2) is 48.5 Å². The maximum atomic E-state index is 13.4. The first-order valence-electron chi connectivity index (χ1n) is 10.2. The number of carbonyl (C=O) groups is 3. The lowest BCUT2D eigenvalue weighted by Crippen LogP contribution is -2.45. The van der Waals surface area contributed by atoms with Gasteiger partial charge in [-0.15, -0.1) is 0 Å². The van der Waals surface area contributed by atoms with Crippen LogP contribution in [0.2, 0.25) is 0 Å². The van der Waals surface area contributed by atoms with Gasteiger partial charge < -0.3 is 20.5 Å². The van der Waals surface area contributed by atoms with Gasteiger partial charge in [-0.2, -0.15) is 0 Å². The van der Waals surface area contributed by atoms with E-state index in [1.165, 1.54) is 6.92 Å². The van der Waals surface area contributed by atoms with Crippen molar-refractivity contribution in [2.75, 3.05) is 6.61 Å². The van der Waals surface area contributed by atoms with E-state index in [0.29, 0.717) is 0 Å². The summed E-state index contributed by atoms with van der Waals surface area (Å²) in [6.45, 7) is 1.40. The first-order valence-corrected chi connectivity index (χ1v) is 10.2. The molecule has 0 heterocycles. The molecule has 0 aromatic heterocycles.